The van der Waals surface area contributed by atoms with E-state index in [0.29, 0.717) is 22.8 Å². The van der Waals surface area contributed by atoms with Crippen molar-refractivity contribution in [2.45, 2.75) is 25.8 Å². The molecule has 2 heterocycles. The fourth-order valence-corrected chi connectivity index (χ4v) is 5.07. The lowest BCUT2D eigenvalue weighted by molar-refractivity contribution is -0.274. The topological polar surface area (TPSA) is 105 Å². The number of aromatic nitrogens is 3. The summed E-state index contributed by atoms with van der Waals surface area (Å²) in [5.41, 5.74) is 0.820. The number of amides is 1. The number of halogens is 6. The number of benzene rings is 3. The van der Waals surface area contributed by atoms with Crippen molar-refractivity contribution in [3.63, 3.8) is 0 Å². The molecule has 1 atom stereocenters. The number of nitrogens with zero attached hydrogens (tertiary/aromatic N) is 5. The highest BCUT2D eigenvalue weighted by Gasteiger charge is 2.39. The van der Waals surface area contributed by atoms with Crippen molar-refractivity contribution in [3.8, 4) is 11.4 Å². The number of thioether (sulfide) groups is 1. The van der Waals surface area contributed by atoms with E-state index in [0.717, 1.165) is 40.4 Å². The van der Waals surface area contributed by atoms with Crippen LogP contribution in [-0.2, 0) is 11.0 Å². The van der Waals surface area contributed by atoms with Crippen LogP contribution in [-0.4, -0.2) is 49.4 Å². The minimum absolute atomic E-state index is 0.0758. The van der Waals surface area contributed by atoms with Crippen molar-refractivity contribution in [3.05, 3.63) is 95.6 Å². The molecule has 9 nitrogen and oxygen atoms in total. The van der Waals surface area contributed by atoms with Crippen LogP contribution in [0.15, 0.2) is 78.0 Å². The van der Waals surface area contributed by atoms with Crippen LogP contribution >= 0.6 is 11.8 Å². The van der Waals surface area contributed by atoms with Crippen molar-refractivity contribution in [2.24, 2.45) is 4.99 Å². The standard InChI is InChI=1S/C29H22F6N6O3S/c1-17-2-12-22(28(30,31)32)23(14-17)41-25(42)15-45-27(41)38-26(43)37-19-6-3-18(4-7-19)5-13-24-36-16-40(39-24)20-8-10-21(11-9-20)44-29(33,34)35/h2-14,16,26,37,43H,15H2,1H3/b13-5+,38-27?. The summed E-state index contributed by atoms with van der Waals surface area (Å²) in [5.74, 6) is -0.755. The van der Waals surface area contributed by atoms with Gasteiger partial charge in [-0.1, -0.05) is 36.0 Å². The molecule has 45 heavy (non-hydrogen) atoms. The summed E-state index contributed by atoms with van der Waals surface area (Å²) in [6.07, 6.45) is -6.33. The maximum atomic E-state index is 13.7. The van der Waals surface area contributed by atoms with Gasteiger partial charge in [0.1, 0.15) is 12.1 Å². The van der Waals surface area contributed by atoms with Gasteiger partial charge in [-0.3, -0.25) is 9.69 Å². The zero-order valence-corrected chi connectivity index (χ0v) is 23.9. The van der Waals surface area contributed by atoms with E-state index < -0.39 is 30.4 Å². The number of amidine groups is 1. The van der Waals surface area contributed by atoms with Crippen molar-refractivity contribution in [2.75, 3.05) is 16.0 Å². The highest BCUT2D eigenvalue weighted by Crippen LogP contribution is 2.40. The molecule has 3 aromatic carbocycles. The number of aliphatic imine (C=N–C) groups is 1. The van der Waals surface area contributed by atoms with Gasteiger partial charge in [0.05, 0.1) is 22.7 Å². The molecular weight excluding hydrogens is 626 g/mol. The summed E-state index contributed by atoms with van der Waals surface area (Å²) in [6, 6.07) is 15.3. The number of carbonyl (C=O) groups excluding carboxylic acids is 1. The zero-order chi connectivity index (χ0) is 32.4. The number of nitrogens with one attached hydrogen (secondary N) is 1. The molecule has 0 bridgehead atoms. The molecule has 4 aromatic rings. The first kappa shape index (κ1) is 31.6. The minimum Gasteiger partial charge on any atom is -0.406 e. The average Bonchev–Trinajstić information content (AvgIpc) is 3.58. The second-order valence-electron chi connectivity index (χ2n) is 9.51. The third kappa shape index (κ3) is 8.02. The van der Waals surface area contributed by atoms with Gasteiger partial charge in [-0.2, -0.15) is 13.2 Å². The Morgan fingerprint density at radius 3 is 2.40 bits per heavy atom. The number of rotatable bonds is 8. The molecule has 1 unspecified atom stereocenters. The van der Waals surface area contributed by atoms with E-state index in [1.807, 2.05) is 0 Å². The predicted molar refractivity (Wildman–Crippen MR) is 157 cm³/mol. The second-order valence-corrected chi connectivity index (χ2v) is 10.5. The number of aliphatic hydroxyl groups excluding tert-OH is 1. The predicted octanol–water partition coefficient (Wildman–Crippen LogP) is 6.49. The summed E-state index contributed by atoms with van der Waals surface area (Å²) in [7, 11) is 0. The van der Waals surface area contributed by atoms with Gasteiger partial charge in [-0.15, -0.1) is 18.3 Å². The first-order valence-electron chi connectivity index (χ1n) is 13.0. The van der Waals surface area contributed by atoms with Crippen molar-refractivity contribution in [1.29, 1.82) is 0 Å². The second kappa shape index (κ2) is 12.6. The van der Waals surface area contributed by atoms with E-state index in [2.05, 4.69) is 25.1 Å². The lowest BCUT2D eigenvalue weighted by atomic mass is 10.1. The molecule has 16 heteroatoms. The van der Waals surface area contributed by atoms with Gasteiger partial charge in [0.25, 0.3) is 0 Å². The minimum atomic E-state index is -4.79. The lowest BCUT2D eigenvalue weighted by Gasteiger charge is -2.22. The Bertz CT molecular complexity index is 1740. The van der Waals surface area contributed by atoms with Gasteiger partial charge in [0, 0.05) is 5.69 Å². The fraction of sp³-hybridized carbons (Fsp3) is 0.172. The molecule has 1 fully saturated rings. The number of hydrogen-bond acceptors (Lipinski definition) is 8. The van der Waals surface area contributed by atoms with E-state index in [1.54, 1.807) is 43.3 Å². The van der Waals surface area contributed by atoms with Crippen LogP contribution in [0, 0.1) is 6.92 Å². The van der Waals surface area contributed by atoms with Gasteiger partial charge in [0.15, 0.2) is 11.0 Å². The molecule has 5 rings (SSSR count). The summed E-state index contributed by atoms with van der Waals surface area (Å²) in [4.78, 5) is 21.6. The first-order valence-corrected chi connectivity index (χ1v) is 14.0. The Labute approximate surface area is 255 Å². The molecule has 1 saturated heterocycles. The number of aryl methyl sites for hydroxylation is 1. The number of hydrogen-bond donors (Lipinski definition) is 2. The SMILES string of the molecule is Cc1ccc(C(F)(F)F)c(N2C(=O)CSC2=NC(O)Nc2ccc(/C=C/c3ncn(-c4ccc(OC(F)(F)F)cc4)n3)cc2)c1. The van der Waals surface area contributed by atoms with Crippen LogP contribution in [0.4, 0.5) is 37.7 Å². The largest absolute Gasteiger partial charge is 0.573 e. The lowest BCUT2D eigenvalue weighted by Crippen LogP contribution is -2.33. The van der Waals surface area contributed by atoms with Crippen LogP contribution in [0.2, 0.25) is 0 Å². The molecule has 0 radical (unpaired) electrons. The monoisotopic (exact) mass is 648 g/mol. The van der Waals surface area contributed by atoms with Gasteiger partial charge >= 0.3 is 12.5 Å². The summed E-state index contributed by atoms with van der Waals surface area (Å²) in [5, 5.41) is 17.4. The zero-order valence-electron chi connectivity index (χ0n) is 23.0. The average molecular weight is 649 g/mol. The maximum Gasteiger partial charge on any atom is 0.573 e. The van der Waals surface area contributed by atoms with E-state index in [9.17, 15) is 36.2 Å². The molecule has 1 amide bonds. The molecule has 0 spiro atoms. The van der Waals surface area contributed by atoms with Gasteiger partial charge in [-0.05, 0) is 72.7 Å². The van der Waals surface area contributed by atoms with Crippen LogP contribution in [0.3, 0.4) is 0 Å². The van der Waals surface area contributed by atoms with Crippen LogP contribution in [0.1, 0.15) is 22.5 Å². The smallest absolute Gasteiger partial charge is 0.406 e. The maximum absolute atomic E-state index is 13.7. The van der Waals surface area contributed by atoms with E-state index in [1.165, 1.54) is 35.3 Å². The van der Waals surface area contributed by atoms with Crippen LogP contribution in [0.5, 0.6) is 5.75 Å². The fourth-order valence-electron chi connectivity index (χ4n) is 4.19. The number of aliphatic hydroxyl groups is 1. The highest BCUT2D eigenvalue weighted by atomic mass is 32.2. The molecule has 234 valence electrons. The normalized spacial score (nSPS) is 15.7. The Hall–Kier alpha value is -4.83. The van der Waals surface area contributed by atoms with E-state index >= 15 is 0 Å². The molecule has 0 saturated carbocycles. The third-order valence-corrected chi connectivity index (χ3v) is 7.11. The highest BCUT2D eigenvalue weighted by molar-refractivity contribution is 8.15. The summed E-state index contributed by atoms with van der Waals surface area (Å²) < 4.78 is 83.3. The number of carbonyl (C=O) groups is 1. The van der Waals surface area contributed by atoms with Gasteiger partial charge < -0.3 is 15.2 Å². The van der Waals surface area contributed by atoms with Crippen molar-refractivity contribution in [1.82, 2.24) is 14.8 Å². The summed E-state index contributed by atoms with van der Waals surface area (Å²) in [6.45, 7) is 1.61. The Morgan fingerprint density at radius 2 is 1.73 bits per heavy atom. The van der Waals surface area contributed by atoms with Gasteiger partial charge in [0.2, 0.25) is 12.3 Å². The van der Waals surface area contributed by atoms with Crippen LogP contribution < -0.4 is 15.0 Å². The number of anilines is 2. The third-order valence-electron chi connectivity index (χ3n) is 6.17. The quantitative estimate of drug-likeness (QED) is 0.166. The van der Waals surface area contributed by atoms with Crippen molar-refractivity contribution >= 4 is 46.4 Å². The molecule has 1 aliphatic rings. The molecule has 1 aliphatic heterocycles. The Balaban J connectivity index is 1.23. The van der Waals surface area contributed by atoms with E-state index in [-0.39, 0.29) is 22.4 Å². The van der Waals surface area contributed by atoms with E-state index in [4.69, 9.17) is 0 Å². The summed E-state index contributed by atoms with van der Waals surface area (Å²) >= 11 is 0.917. The number of alkyl halides is 6. The number of ether oxygens (including phenoxy) is 1. The Morgan fingerprint density at radius 1 is 1.02 bits per heavy atom. The van der Waals surface area contributed by atoms with Crippen LogP contribution in [0.25, 0.3) is 17.8 Å². The molecular formula is C29H22F6N6O3S. The molecule has 1 aromatic heterocycles. The molecule has 0 aliphatic carbocycles. The van der Waals surface area contributed by atoms with Gasteiger partial charge in [-0.25, -0.2) is 14.7 Å². The first-order chi connectivity index (χ1) is 21.2. The Kier molecular flexibility index (Phi) is 8.88. The van der Waals surface area contributed by atoms with Crippen molar-refractivity contribution < 1.29 is 41.0 Å². The molecule has 2 N–H and O–H groups in total.